The predicted octanol–water partition coefficient (Wildman–Crippen LogP) is 2.82. The molecule has 1 heterocycles. The minimum absolute atomic E-state index is 0.296. The maximum Gasteiger partial charge on any atom is 0.363 e. The second kappa shape index (κ2) is 8.81. The molecule has 3 aromatic rings. The van der Waals surface area contributed by atoms with Crippen molar-refractivity contribution in [1.29, 1.82) is 0 Å². The van der Waals surface area contributed by atoms with E-state index in [1.54, 1.807) is 20.2 Å². The first-order chi connectivity index (χ1) is 13.5. The fraction of sp³-hybridized carbons (Fsp3) is 0.200. The number of nitrogens with one attached hydrogen (secondary N) is 2. The Morgan fingerprint density at radius 3 is 2.82 bits per heavy atom. The molecular formula is C20H21N5O3. The van der Waals surface area contributed by atoms with Crippen molar-refractivity contribution in [2.24, 2.45) is 5.10 Å². The first kappa shape index (κ1) is 19.1. The van der Waals surface area contributed by atoms with Gasteiger partial charge >= 0.3 is 5.69 Å². The molecule has 0 atom stereocenters. The molecule has 8 heteroatoms. The molecule has 1 aromatic heterocycles. The van der Waals surface area contributed by atoms with Crippen LogP contribution in [0.5, 0.6) is 11.5 Å². The lowest BCUT2D eigenvalue weighted by Gasteiger charge is -2.11. The third kappa shape index (κ3) is 4.94. The lowest BCUT2D eigenvalue weighted by atomic mass is 10.1. The molecule has 2 aromatic carbocycles. The van der Waals surface area contributed by atoms with Gasteiger partial charge in [-0.2, -0.15) is 15.2 Å². The van der Waals surface area contributed by atoms with Crippen molar-refractivity contribution >= 4 is 12.0 Å². The molecule has 144 valence electrons. The number of rotatable bonds is 7. The van der Waals surface area contributed by atoms with Crippen LogP contribution in [0.15, 0.2) is 52.4 Å². The monoisotopic (exact) mass is 379 g/mol. The highest BCUT2D eigenvalue weighted by atomic mass is 16.5. The zero-order valence-corrected chi connectivity index (χ0v) is 15.9. The van der Waals surface area contributed by atoms with Gasteiger partial charge in [-0.15, -0.1) is 0 Å². The van der Waals surface area contributed by atoms with Crippen LogP contribution in [-0.4, -0.2) is 28.5 Å². The number of anilines is 1. The highest BCUT2D eigenvalue weighted by Crippen LogP contribution is 2.28. The van der Waals surface area contributed by atoms with Gasteiger partial charge in [0, 0.05) is 0 Å². The fourth-order valence-corrected chi connectivity index (χ4v) is 2.51. The molecular weight excluding hydrogens is 358 g/mol. The molecule has 0 aliphatic heterocycles. The van der Waals surface area contributed by atoms with Crippen LogP contribution in [-0.2, 0) is 6.61 Å². The minimum Gasteiger partial charge on any atom is -0.493 e. The first-order valence-electron chi connectivity index (χ1n) is 8.64. The maximum absolute atomic E-state index is 11.2. The summed E-state index contributed by atoms with van der Waals surface area (Å²) in [5.41, 5.74) is 5.78. The van der Waals surface area contributed by atoms with Gasteiger partial charge < -0.3 is 9.47 Å². The molecule has 3 rings (SSSR count). The van der Waals surface area contributed by atoms with Gasteiger partial charge in [-0.25, -0.2) is 9.89 Å². The zero-order chi connectivity index (χ0) is 19.9. The first-order valence-corrected chi connectivity index (χ1v) is 8.64. The summed E-state index contributed by atoms with van der Waals surface area (Å²) in [6, 6.07) is 13.6. The van der Waals surface area contributed by atoms with E-state index >= 15 is 0 Å². The highest BCUT2D eigenvalue weighted by Gasteiger charge is 2.06. The van der Waals surface area contributed by atoms with Gasteiger partial charge in [0.05, 0.1) is 13.3 Å². The number of ether oxygens (including phenoxy) is 2. The van der Waals surface area contributed by atoms with Crippen LogP contribution in [0, 0.1) is 13.8 Å². The van der Waals surface area contributed by atoms with Crippen LogP contribution in [0.4, 0.5) is 5.82 Å². The standard InChI is InChI=1S/C20H21N5O3/c1-13-5-4-6-16(9-13)12-28-17-8-7-15(10-18(17)27-3)11-21-24-19-14(2)23-25-20(26)22-19/h4-11H,12H2,1-3H3,(H2,22,24,25,26)/b21-11+. The summed E-state index contributed by atoms with van der Waals surface area (Å²) in [5.74, 6) is 1.54. The van der Waals surface area contributed by atoms with Gasteiger partial charge in [-0.3, -0.25) is 5.43 Å². The van der Waals surface area contributed by atoms with Gasteiger partial charge in [0.2, 0.25) is 0 Å². The number of hydrogen-bond donors (Lipinski definition) is 2. The summed E-state index contributed by atoms with van der Waals surface area (Å²) < 4.78 is 11.3. The number of hydrogen-bond acceptors (Lipinski definition) is 7. The maximum atomic E-state index is 11.2. The van der Waals surface area contributed by atoms with Crippen LogP contribution >= 0.6 is 0 Å². The number of H-pyrrole nitrogens is 1. The molecule has 0 radical (unpaired) electrons. The lowest BCUT2D eigenvalue weighted by molar-refractivity contribution is 0.284. The Balaban J connectivity index is 1.68. The molecule has 8 nitrogen and oxygen atoms in total. The number of benzene rings is 2. The fourth-order valence-electron chi connectivity index (χ4n) is 2.51. The molecule has 28 heavy (non-hydrogen) atoms. The van der Waals surface area contributed by atoms with E-state index in [0.29, 0.717) is 29.6 Å². The molecule has 0 amide bonds. The third-order valence-corrected chi connectivity index (χ3v) is 3.92. The second-order valence-electron chi connectivity index (χ2n) is 6.13. The predicted molar refractivity (Wildman–Crippen MR) is 107 cm³/mol. The second-order valence-corrected chi connectivity index (χ2v) is 6.13. The van der Waals surface area contributed by atoms with Crippen molar-refractivity contribution < 1.29 is 9.47 Å². The minimum atomic E-state index is -0.542. The van der Waals surface area contributed by atoms with Crippen molar-refractivity contribution in [3.63, 3.8) is 0 Å². The Kier molecular flexibility index (Phi) is 6.01. The molecule has 0 spiro atoms. The Hall–Kier alpha value is -3.68. The van der Waals surface area contributed by atoms with Crippen LogP contribution in [0.2, 0.25) is 0 Å². The van der Waals surface area contributed by atoms with Crippen molar-refractivity contribution in [2.75, 3.05) is 12.5 Å². The van der Waals surface area contributed by atoms with Crippen molar-refractivity contribution in [2.45, 2.75) is 20.5 Å². The normalized spacial score (nSPS) is 10.8. The van der Waals surface area contributed by atoms with E-state index in [1.807, 2.05) is 43.3 Å². The largest absolute Gasteiger partial charge is 0.493 e. The van der Waals surface area contributed by atoms with Crippen molar-refractivity contribution in [1.82, 2.24) is 15.2 Å². The topological polar surface area (TPSA) is 101 Å². The number of hydrazone groups is 1. The SMILES string of the molecule is COc1cc(/C=N/Nc2nc(=O)[nH]nc2C)ccc1OCc1cccc(C)c1. The molecule has 0 aliphatic carbocycles. The summed E-state index contributed by atoms with van der Waals surface area (Å²) in [6.45, 7) is 4.21. The van der Waals surface area contributed by atoms with Gasteiger partial charge in [0.25, 0.3) is 0 Å². The van der Waals surface area contributed by atoms with E-state index < -0.39 is 5.69 Å². The van der Waals surface area contributed by atoms with Gasteiger partial charge in [-0.1, -0.05) is 29.8 Å². The Labute approximate surface area is 162 Å². The number of aromatic amines is 1. The van der Waals surface area contributed by atoms with E-state index in [2.05, 4.69) is 31.8 Å². The molecule has 0 fully saturated rings. The van der Waals surface area contributed by atoms with Crippen LogP contribution in [0.1, 0.15) is 22.4 Å². The lowest BCUT2D eigenvalue weighted by Crippen LogP contribution is -2.15. The quantitative estimate of drug-likeness (QED) is 0.483. The summed E-state index contributed by atoms with van der Waals surface area (Å²) >= 11 is 0. The molecule has 2 N–H and O–H groups in total. The summed E-state index contributed by atoms with van der Waals surface area (Å²) in [7, 11) is 1.59. The average molecular weight is 379 g/mol. The summed E-state index contributed by atoms with van der Waals surface area (Å²) in [5, 5.41) is 10.2. The molecule has 0 unspecified atom stereocenters. The van der Waals surface area contributed by atoms with E-state index in [4.69, 9.17) is 9.47 Å². The van der Waals surface area contributed by atoms with Crippen molar-refractivity contribution in [3.8, 4) is 11.5 Å². The molecule has 0 saturated heterocycles. The van der Waals surface area contributed by atoms with Gasteiger partial charge in [0.1, 0.15) is 12.3 Å². The number of aromatic nitrogens is 3. The van der Waals surface area contributed by atoms with E-state index in [1.165, 1.54) is 5.56 Å². The summed E-state index contributed by atoms with van der Waals surface area (Å²) in [4.78, 5) is 15.0. The molecule has 0 saturated carbocycles. The number of aryl methyl sites for hydroxylation is 2. The Morgan fingerprint density at radius 1 is 1.18 bits per heavy atom. The molecule has 0 bridgehead atoms. The van der Waals surface area contributed by atoms with Gasteiger partial charge in [-0.05, 0) is 43.2 Å². The smallest absolute Gasteiger partial charge is 0.363 e. The Morgan fingerprint density at radius 2 is 2.04 bits per heavy atom. The highest BCUT2D eigenvalue weighted by molar-refractivity contribution is 5.81. The van der Waals surface area contributed by atoms with E-state index in [0.717, 1.165) is 11.1 Å². The third-order valence-electron chi connectivity index (χ3n) is 3.92. The van der Waals surface area contributed by atoms with Crippen molar-refractivity contribution in [3.05, 3.63) is 75.3 Å². The number of nitrogens with zero attached hydrogens (tertiary/aromatic N) is 3. The zero-order valence-electron chi connectivity index (χ0n) is 15.9. The molecule has 0 aliphatic rings. The van der Waals surface area contributed by atoms with Crippen LogP contribution in [0.3, 0.4) is 0 Å². The summed E-state index contributed by atoms with van der Waals surface area (Å²) in [6.07, 6.45) is 1.59. The van der Waals surface area contributed by atoms with Gasteiger partial charge in [0.15, 0.2) is 17.3 Å². The van der Waals surface area contributed by atoms with Crippen LogP contribution < -0.4 is 20.6 Å². The number of methoxy groups -OCH3 is 1. The van der Waals surface area contributed by atoms with E-state index in [9.17, 15) is 4.79 Å². The Bertz CT molecular complexity index is 1050. The average Bonchev–Trinajstić information content (AvgIpc) is 2.69. The van der Waals surface area contributed by atoms with E-state index in [-0.39, 0.29) is 0 Å². The van der Waals surface area contributed by atoms with Crippen LogP contribution in [0.25, 0.3) is 0 Å².